The molecular weight excluding hydrogens is 288 g/mol. The monoisotopic (exact) mass is 298 g/mol. The molecule has 1 N–H and O–H groups in total. The highest BCUT2D eigenvalue weighted by Crippen LogP contribution is 2.19. The first-order valence-electron chi connectivity index (χ1n) is 4.94. The summed E-state index contributed by atoms with van der Waals surface area (Å²) in [7, 11) is 0. The molecule has 4 nitrogen and oxygen atoms in total. The van der Waals surface area contributed by atoms with Crippen molar-refractivity contribution >= 4 is 34.0 Å². The van der Waals surface area contributed by atoms with E-state index in [0.29, 0.717) is 11.8 Å². The zero-order chi connectivity index (χ0) is 13.0. The molecule has 1 aromatic carbocycles. The molecule has 0 fully saturated rings. The van der Waals surface area contributed by atoms with E-state index >= 15 is 0 Å². The van der Waals surface area contributed by atoms with Gasteiger partial charge >= 0.3 is 5.97 Å². The molecule has 0 amide bonds. The van der Waals surface area contributed by atoms with Crippen molar-refractivity contribution in [1.29, 1.82) is 0 Å². The number of halogens is 1. The Hall–Kier alpha value is -1.49. The number of aliphatic carboxylic acids is 1. The average Bonchev–Trinajstić information content (AvgIpc) is 2.26. The van der Waals surface area contributed by atoms with Crippen LogP contribution in [0, 0.1) is 0 Å². The summed E-state index contributed by atoms with van der Waals surface area (Å²) in [4.78, 5) is 33.0. The lowest BCUT2D eigenvalue weighted by atomic mass is 9.95. The molecule has 0 aliphatic rings. The van der Waals surface area contributed by atoms with E-state index in [-0.39, 0.29) is 23.3 Å². The lowest BCUT2D eigenvalue weighted by molar-refractivity contribution is -0.136. The molecule has 90 valence electrons. The minimum Gasteiger partial charge on any atom is -0.481 e. The van der Waals surface area contributed by atoms with Gasteiger partial charge in [-0.15, -0.1) is 0 Å². The predicted octanol–water partition coefficient (Wildman–Crippen LogP) is 2.09. The predicted molar refractivity (Wildman–Crippen MR) is 65.9 cm³/mol. The molecule has 0 spiro atoms. The van der Waals surface area contributed by atoms with E-state index in [9.17, 15) is 14.4 Å². The van der Waals surface area contributed by atoms with E-state index in [1.54, 1.807) is 19.1 Å². The van der Waals surface area contributed by atoms with Gasteiger partial charge in [0.2, 0.25) is 0 Å². The molecule has 0 aliphatic carbocycles. The van der Waals surface area contributed by atoms with Gasteiger partial charge in [0.05, 0.1) is 11.2 Å². The lowest BCUT2D eigenvalue weighted by Gasteiger charge is -2.10. The van der Waals surface area contributed by atoms with Gasteiger partial charge in [0, 0.05) is 11.1 Å². The fourth-order valence-electron chi connectivity index (χ4n) is 1.53. The zero-order valence-corrected chi connectivity index (χ0v) is 10.7. The van der Waals surface area contributed by atoms with Crippen LogP contribution >= 0.6 is 15.9 Å². The van der Waals surface area contributed by atoms with Gasteiger partial charge in [0.1, 0.15) is 0 Å². The van der Waals surface area contributed by atoms with Crippen molar-refractivity contribution < 1.29 is 19.5 Å². The Morgan fingerprint density at radius 1 is 1.47 bits per heavy atom. The minimum atomic E-state index is -1.04. The fourth-order valence-corrected chi connectivity index (χ4v) is 1.76. The van der Waals surface area contributed by atoms with Crippen LogP contribution in [0.2, 0.25) is 0 Å². The second kappa shape index (κ2) is 5.72. The number of hydrogen-bond donors (Lipinski definition) is 1. The maximum atomic E-state index is 11.9. The quantitative estimate of drug-likeness (QED) is 0.513. The number of aldehydes is 1. The molecule has 0 saturated heterocycles. The van der Waals surface area contributed by atoms with Crippen molar-refractivity contribution in [2.24, 2.45) is 0 Å². The molecule has 1 unspecified atom stereocenters. The molecule has 1 atom stereocenters. The number of carboxylic acid groups (broad SMARTS) is 1. The highest BCUT2D eigenvalue weighted by atomic mass is 79.9. The third-order valence-corrected chi connectivity index (χ3v) is 2.68. The van der Waals surface area contributed by atoms with Crippen LogP contribution in [-0.4, -0.2) is 28.0 Å². The number of benzene rings is 1. The number of carbonyl (C=O) groups is 3. The molecule has 1 rings (SSSR count). The molecule has 0 heterocycles. The van der Waals surface area contributed by atoms with Crippen LogP contribution in [0.5, 0.6) is 0 Å². The summed E-state index contributed by atoms with van der Waals surface area (Å²) in [5.41, 5.74) is 0.771. The second-order valence-corrected chi connectivity index (χ2v) is 4.92. The molecule has 17 heavy (non-hydrogen) atoms. The third kappa shape index (κ3) is 3.23. The van der Waals surface area contributed by atoms with Crippen LogP contribution in [0.1, 0.15) is 33.2 Å². The van der Waals surface area contributed by atoms with E-state index in [1.165, 1.54) is 6.07 Å². The average molecular weight is 299 g/mol. The second-order valence-electron chi connectivity index (χ2n) is 3.55. The lowest BCUT2D eigenvalue weighted by Crippen LogP contribution is -2.17. The summed E-state index contributed by atoms with van der Waals surface area (Å²) in [5, 5.41) is 8.76. The summed E-state index contributed by atoms with van der Waals surface area (Å²) in [6, 6.07) is 4.61. The van der Waals surface area contributed by atoms with Crippen LogP contribution in [0.25, 0.3) is 0 Å². The van der Waals surface area contributed by atoms with E-state index in [0.717, 1.165) is 0 Å². The van der Waals surface area contributed by atoms with Crippen molar-refractivity contribution in [3.05, 3.63) is 34.9 Å². The highest BCUT2D eigenvalue weighted by molar-refractivity contribution is 9.10. The fraction of sp³-hybridized carbons (Fsp3) is 0.250. The van der Waals surface area contributed by atoms with Crippen molar-refractivity contribution in [3.8, 4) is 0 Å². The Balaban J connectivity index is 3.34. The third-order valence-electron chi connectivity index (χ3n) is 2.26. The first-order valence-corrected chi connectivity index (χ1v) is 5.86. The van der Waals surface area contributed by atoms with E-state index in [1.807, 2.05) is 0 Å². The van der Waals surface area contributed by atoms with Crippen molar-refractivity contribution in [2.45, 2.75) is 18.2 Å². The number of hydrogen-bond acceptors (Lipinski definition) is 3. The summed E-state index contributed by atoms with van der Waals surface area (Å²) in [5.74, 6) is -1.33. The van der Waals surface area contributed by atoms with Crippen molar-refractivity contribution in [2.75, 3.05) is 0 Å². The first-order chi connectivity index (χ1) is 7.97. The zero-order valence-electron chi connectivity index (χ0n) is 9.14. The summed E-state index contributed by atoms with van der Waals surface area (Å²) in [6.07, 6.45) is 0.288. The van der Waals surface area contributed by atoms with Gasteiger partial charge in [-0.25, -0.2) is 0 Å². The molecule has 5 heteroatoms. The van der Waals surface area contributed by atoms with Crippen molar-refractivity contribution in [3.63, 3.8) is 0 Å². The van der Waals surface area contributed by atoms with Crippen LogP contribution in [0.4, 0.5) is 0 Å². The Labute approximate surface area is 107 Å². The topological polar surface area (TPSA) is 71.4 Å². The van der Waals surface area contributed by atoms with Crippen LogP contribution in [0.3, 0.4) is 0 Å². The van der Waals surface area contributed by atoms with Gasteiger partial charge < -0.3 is 5.11 Å². The van der Waals surface area contributed by atoms with Gasteiger partial charge in [0.15, 0.2) is 12.1 Å². The van der Waals surface area contributed by atoms with Gasteiger partial charge in [-0.05, 0) is 12.5 Å². The molecule has 0 bridgehead atoms. The molecule has 0 aromatic heterocycles. The highest BCUT2D eigenvalue weighted by Gasteiger charge is 2.20. The summed E-state index contributed by atoms with van der Waals surface area (Å²) >= 11 is 3.13. The maximum absolute atomic E-state index is 11.9. The van der Waals surface area contributed by atoms with E-state index < -0.39 is 10.8 Å². The number of Topliss-reactive ketones (excluding diaryl/α,β-unsaturated/α-hetero) is 1. The number of ketones is 1. The Morgan fingerprint density at radius 2 is 2.12 bits per heavy atom. The number of rotatable bonds is 5. The first kappa shape index (κ1) is 13.6. The smallest absolute Gasteiger partial charge is 0.307 e. The summed E-state index contributed by atoms with van der Waals surface area (Å²) in [6.45, 7) is 1.63. The standard InChI is InChI=1S/C12H11BrO4/c1-7(13)12(17)11-8(5-10(15)16)3-2-4-9(11)6-14/h2-4,6-7H,5H2,1H3,(H,15,16). The normalized spacial score (nSPS) is 11.9. The number of carboxylic acids is 1. The summed E-state index contributed by atoms with van der Waals surface area (Å²) < 4.78 is 0. The largest absolute Gasteiger partial charge is 0.481 e. The SMILES string of the molecule is CC(Br)C(=O)c1c(C=O)cccc1CC(=O)O. The number of alkyl halides is 1. The number of carbonyl (C=O) groups excluding carboxylic acids is 2. The molecule has 0 saturated carbocycles. The van der Waals surface area contributed by atoms with Crippen LogP contribution < -0.4 is 0 Å². The van der Waals surface area contributed by atoms with Gasteiger partial charge in [-0.2, -0.15) is 0 Å². The van der Waals surface area contributed by atoms with Crippen LogP contribution in [-0.2, 0) is 11.2 Å². The van der Waals surface area contributed by atoms with Gasteiger partial charge in [-0.3, -0.25) is 14.4 Å². The minimum absolute atomic E-state index is 0.189. The van der Waals surface area contributed by atoms with Crippen LogP contribution in [0.15, 0.2) is 18.2 Å². The van der Waals surface area contributed by atoms with E-state index in [4.69, 9.17) is 5.11 Å². The molecule has 1 aromatic rings. The van der Waals surface area contributed by atoms with E-state index in [2.05, 4.69) is 15.9 Å². The van der Waals surface area contributed by atoms with Crippen molar-refractivity contribution in [1.82, 2.24) is 0 Å². The Bertz CT molecular complexity index is 466. The molecular formula is C12H11BrO4. The van der Waals surface area contributed by atoms with Gasteiger partial charge in [-0.1, -0.05) is 34.1 Å². The Morgan fingerprint density at radius 3 is 2.59 bits per heavy atom. The maximum Gasteiger partial charge on any atom is 0.307 e. The van der Waals surface area contributed by atoms with Gasteiger partial charge in [0.25, 0.3) is 0 Å². The Kier molecular flexibility index (Phi) is 4.57. The molecule has 0 radical (unpaired) electrons. The molecule has 0 aliphatic heterocycles.